The minimum absolute atomic E-state index is 0.00503. The number of ether oxygens (including phenoxy) is 1. The first-order valence-electron chi connectivity index (χ1n) is 12.1. The fraction of sp³-hybridized carbons (Fsp3) is 0.400. The van der Waals surface area contributed by atoms with E-state index in [1.54, 1.807) is 24.3 Å². The zero-order valence-electron chi connectivity index (χ0n) is 20.6. The molecule has 1 aliphatic carbocycles. The molecule has 38 heavy (non-hydrogen) atoms. The van der Waals surface area contributed by atoms with Crippen molar-refractivity contribution in [1.82, 2.24) is 24.4 Å². The lowest BCUT2D eigenvalue weighted by molar-refractivity contribution is 0.0949. The molecule has 1 amide bonds. The van der Waals surface area contributed by atoms with Gasteiger partial charge in [0, 0.05) is 32.1 Å². The summed E-state index contributed by atoms with van der Waals surface area (Å²) in [5.74, 6) is -0.582. The molecule has 1 aliphatic heterocycles. The summed E-state index contributed by atoms with van der Waals surface area (Å²) in [5, 5.41) is 29.7. The van der Waals surface area contributed by atoms with E-state index in [1.165, 1.54) is 28.2 Å². The van der Waals surface area contributed by atoms with Gasteiger partial charge in [-0.3, -0.25) is 9.59 Å². The lowest BCUT2D eigenvalue weighted by Gasteiger charge is -2.23. The van der Waals surface area contributed by atoms with Crippen LogP contribution in [-0.2, 0) is 23.6 Å². The lowest BCUT2D eigenvalue weighted by atomic mass is 10.1. The van der Waals surface area contributed by atoms with Gasteiger partial charge in [0.25, 0.3) is 17.3 Å². The smallest absolute Gasteiger partial charge is 0.263 e. The van der Waals surface area contributed by atoms with Crippen molar-refractivity contribution < 1.29 is 23.1 Å². The molecular formula is C25H26N6O6S. The maximum Gasteiger partial charge on any atom is 0.263 e. The van der Waals surface area contributed by atoms with Crippen molar-refractivity contribution in [2.75, 3.05) is 19.7 Å². The standard InChI is InChI=1S/C25H26N6O6S/c1-30-21-18(10-20(24(30)34)22(33)27-12-17-4-2-16(11-26)3-5-17)13-28-29-23(21)37-15-25(7-8-25)38(35,36)31-9-6-19(32)14-31/h2-5,10,13,19,32H,6-9,12,14-15H2,1H3,(H,27,33). The fourth-order valence-electron chi connectivity index (χ4n) is 4.57. The molecule has 5 rings (SSSR count). The minimum Gasteiger partial charge on any atom is -0.473 e. The first kappa shape index (κ1) is 25.8. The first-order valence-corrected chi connectivity index (χ1v) is 13.5. The van der Waals surface area contributed by atoms with E-state index in [-0.39, 0.29) is 37.7 Å². The van der Waals surface area contributed by atoms with Crippen LogP contribution in [0.2, 0.25) is 0 Å². The molecule has 1 atom stereocenters. The van der Waals surface area contributed by atoms with E-state index in [1.807, 2.05) is 6.07 Å². The molecule has 1 unspecified atom stereocenters. The van der Waals surface area contributed by atoms with E-state index in [0.29, 0.717) is 35.7 Å². The first-order chi connectivity index (χ1) is 18.1. The molecule has 1 saturated heterocycles. The van der Waals surface area contributed by atoms with Crippen LogP contribution in [0, 0.1) is 11.3 Å². The Bertz CT molecular complexity index is 1610. The third kappa shape index (κ3) is 4.62. The molecule has 13 heteroatoms. The van der Waals surface area contributed by atoms with Crippen molar-refractivity contribution in [3.05, 3.63) is 63.6 Å². The summed E-state index contributed by atoms with van der Waals surface area (Å²) in [6, 6.07) is 10.2. The van der Waals surface area contributed by atoms with Crippen LogP contribution < -0.4 is 15.6 Å². The van der Waals surface area contributed by atoms with E-state index < -0.39 is 32.3 Å². The Labute approximate surface area is 218 Å². The van der Waals surface area contributed by atoms with Crippen molar-refractivity contribution in [3.8, 4) is 11.9 Å². The monoisotopic (exact) mass is 538 g/mol. The normalized spacial score (nSPS) is 18.7. The second-order valence-electron chi connectivity index (χ2n) is 9.64. The van der Waals surface area contributed by atoms with Gasteiger partial charge in [-0.1, -0.05) is 12.1 Å². The van der Waals surface area contributed by atoms with Gasteiger partial charge >= 0.3 is 0 Å². The number of aromatic nitrogens is 3. The van der Waals surface area contributed by atoms with E-state index in [9.17, 15) is 23.1 Å². The number of sulfonamides is 1. The predicted octanol–water partition coefficient (Wildman–Crippen LogP) is 0.438. The van der Waals surface area contributed by atoms with Crippen LogP contribution in [-0.4, -0.2) is 69.0 Å². The number of nitrogens with zero attached hydrogens (tertiary/aromatic N) is 5. The van der Waals surface area contributed by atoms with Crippen LogP contribution in [0.1, 0.15) is 40.7 Å². The van der Waals surface area contributed by atoms with Crippen molar-refractivity contribution >= 4 is 26.8 Å². The number of fused-ring (bicyclic) bond motifs is 1. The van der Waals surface area contributed by atoms with E-state index in [0.717, 1.165) is 5.56 Å². The number of carbonyl (C=O) groups is 1. The number of aliphatic hydroxyl groups excluding tert-OH is 1. The number of hydrogen-bond acceptors (Lipinski definition) is 9. The quantitative estimate of drug-likeness (QED) is 0.413. The number of hydrogen-bond donors (Lipinski definition) is 2. The molecule has 0 bridgehead atoms. The number of amides is 1. The number of carbonyl (C=O) groups excluding carboxylic acids is 1. The second-order valence-corrected chi connectivity index (χ2v) is 12.0. The Hall–Kier alpha value is -3.86. The summed E-state index contributed by atoms with van der Waals surface area (Å²) in [5.41, 5.74) is 0.888. The molecule has 12 nitrogen and oxygen atoms in total. The number of aryl methyl sites for hydroxylation is 1. The topological polar surface area (TPSA) is 168 Å². The summed E-state index contributed by atoms with van der Waals surface area (Å²) in [7, 11) is -2.21. The number of nitriles is 1. The van der Waals surface area contributed by atoms with Gasteiger partial charge in [0.2, 0.25) is 10.0 Å². The molecule has 1 saturated carbocycles. The maximum absolute atomic E-state index is 13.2. The highest BCUT2D eigenvalue weighted by atomic mass is 32.2. The minimum atomic E-state index is -3.69. The third-order valence-electron chi connectivity index (χ3n) is 7.07. The maximum atomic E-state index is 13.2. The molecule has 0 radical (unpaired) electrons. The Balaban J connectivity index is 1.35. The summed E-state index contributed by atoms with van der Waals surface area (Å²) in [6.45, 7) is 0.336. The van der Waals surface area contributed by atoms with Crippen molar-refractivity contribution in [3.63, 3.8) is 0 Å². The van der Waals surface area contributed by atoms with Crippen molar-refractivity contribution in [2.24, 2.45) is 7.05 Å². The summed E-state index contributed by atoms with van der Waals surface area (Å²) >= 11 is 0. The largest absolute Gasteiger partial charge is 0.473 e. The van der Waals surface area contributed by atoms with E-state index in [2.05, 4.69) is 15.5 Å². The van der Waals surface area contributed by atoms with Crippen LogP contribution in [0.3, 0.4) is 0 Å². The van der Waals surface area contributed by atoms with Gasteiger partial charge in [0.05, 0.1) is 23.9 Å². The van der Waals surface area contributed by atoms with Gasteiger partial charge in [0.1, 0.15) is 22.4 Å². The summed E-state index contributed by atoms with van der Waals surface area (Å²) in [4.78, 5) is 25.9. The molecule has 1 aromatic carbocycles. The number of aliphatic hydroxyl groups is 1. The Kier molecular flexibility index (Phi) is 6.64. The molecule has 2 aromatic heterocycles. The zero-order valence-corrected chi connectivity index (χ0v) is 21.4. The van der Waals surface area contributed by atoms with Crippen LogP contribution in [0.15, 0.2) is 41.3 Å². The molecule has 2 fully saturated rings. The number of pyridine rings is 1. The highest BCUT2D eigenvalue weighted by Crippen LogP contribution is 2.46. The van der Waals surface area contributed by atoms with Crippen molar-refractivity contribution in [2.45, 2.75) is 36.7 Å². The van der Waals surface area contributed by atoms with Gasteiger partial charge < -0.3 is 19.7 Å². The molecule has 3 aromatic rings. The highest BCUT2D eigenvalue weighted by Gasteiger charge is 2.58. The summed E-state index contributed by atoms with van der Waals surface area (Å²) < 4.78 is 33.6. The van der Waals surface area contributed by atoms with E-state index >= 15 is 0 Å². The number of benzene rings is 1. The SMILES string of the molecule is Cn1c(=O)c(C(=O)NCc2ccc(C#N)cc2)cc2cnnc(OCC3(S(=O)(=O)N4CCC(O)C4)CC3)c21. The third-order valence-corrected chi connectivity index (χ3v) is 9.70. The van der Waals surface area contributed by atoms with Crippen LogP contribution >= 0.6 is 0 Å². The molecular weight excluding hydrogens is 512 g/mol. The van der Waals surface area contributed by atoms with Gasteiger partial charge in [0.15, 0.2) is 0 Å². The van der Waals surface area contributed by atoms with Crippen LogP contribution in [0.4, 0.5) is 0 Å². The number of nitrogens with one attached hydrogen (secondary N) is 1. The average Bonchev–Trinajstić information content (AvgIpc) is 3.60. The van der Waals surface area contributed by atoms with Crippen molar-refractivity contribution in [1.29, 1.82) is 5.26 Å². The number of rotatable bonds is 8. The summed E-state index contributed by atoms with van der Waals surface area (Å²) in [6.07, 6.45) is 1.96. The Morgan fingerprint density at radius 3 is 2.68 bits per heavy atom. The molecule has 198 valence electrons. The van der Waals surface area contributed by atoms with E-state index in [4.69, 9.17) is 10.00 Å². The Morgan fingerprint density at radius 1 is 1.32 bits per heavy atom. The molecule has 3 heterocycles. The zero-order chi connectivity index (χ0) is 27.1. The molecule has 0 spiro atoms. The molecule has 2 N–H and O–H groups in total. The fourth-order valence-corrected chi connectivity index (χ4v) is 6.66. The van der Waals surface area contributed by atoms with Gasteiger partial charge in [-0.15, -0.1) is 5.10 Å². The average molecular weight is 539 g/mol. The van der Waals surface area contributed by atoms with Crippen LogP contribution in [0.5, 0.6) is 5.88 Å². The molecule has 2 aliphatic rings. The highest BCUT2D eigenvalue weighted by molar-refractivity contribution is 7.90. The Morgan fingerprint density at radius 2 is 2.05 bits per heavy atom. The predicted molar refractivity (Wildman–Crippen MR) is 136 cm³/mol. The van der Waals surface area contributed by atoms with Gasteiger partial charge in [-0.2, -0.15) is 14.7 Å². The lowest BCUT2D eigenvalue weighted by Crippen LogP contribution is -2.42. The van der Waals surface area contributed by atoms with Gasteiger partial charge in [-0.05, 0) is 43.0 Å². The van der Waals surface area contributed by atoms with Crippen LogP contribution in [0.25, 0.3) is 10.9 Å². The number of β-amino-alcohol motifs (C(OH)–C–C–N with tert-alkyl or cyclic N) is 1. The van der Waals surface area contributed by atoms with Gasteiger partial charge in [-0.25, -0.2) is 8.42 Å². The second kappa shape index (κ2) is 9.79.